The van der Waals surface area contributed by atoms with Crippen LogP contribution in [0.1, 0.15) is 59.3 Å². The van der Waals surface area contributed by atoms with Gasteiger partial charge in [0.25, 0.3) is 0 Å². The molecular weight excluding hydrogens is 240 g/mol. The van der Waals surface area contributed by atoms with E-state index in [1.165, 1.54) is 12.8 Å². The molecule has 1 aliphatic carbocycles. The Kier molecular flexibility index (Phi) is 4.09. The van der Waals surface area contributed by atoms with Crippen molar-refractivity contribution in [2.75, 3.05) is 13.1 Å². The van der Waals surface area contributed by atoms with Crippen molar-refractivity contribution in [2.24, 2.45) is 11.7 Å². The molecule has 0 aromatic rings. The van der Waals surface area contributed by atoms with Gasteiger partial charge in [-0.3, -0.25) is 0 Å². The summed E-state index contributed by atoms with van der Waals surface area (Å²) in [5, 5.41) is 0. The second kappa shape index (κ2) is 5.31. The Morgan fingerprint density at radius 2 is 2.00 bits per heavy atom. The molecule has 110 valence electrons. The molecule has 0 aromatic heterocycles. The topological polar surface area (TPSA) is 55.6 Å². The zero-order valence-electron chi connectivity index (χ0n) is 12.6. The highest BCUT2D eigenvalue weighted by Gasteiger charge is 2.36. The Morgan fingerprint density at radius 3 is 2.58 bits per heavy atom. The number of carbonyl (C=O) groups is 1. The van der Waals surface area contributed by atoms with E-state index in [1.807, 2.05) is 25.7 Å². The first-order chi connectivity index (χ1) is 8.77. The first kappa shape index (κ1) is 14.6. The summed E-state index contributed by atoms with van der Waals surface area (Å²) in [6.45, 7) is 7.35. The van der Waals surface area contributed by atoms with E-state index in [2.05, 4.69) is 0 Å². The lowest BCUT2D eigenvalue weighted by Gasteiger charge is -2.28. The average molecular weight is 268 g/mol. The van der Waals surface area contributed by atoms with Gasteiger partial charge in [-0.15, -0.1) is 0 Å². The van der Waals surface area contributed by atoms with Crippen molar-refractivity contribution in [1.29, 1.82) is 0 Å². The Labute approximate surface area is 116 Å². The Bertz CT molecular complexity index is 330. The molecule has 1 aliphatic heterocycles. The third kappa shape index (κ3) is 4.10. The van der Waals surface area contributed by atoms with Crippen molar-refractivity contribution in [2.45, 2.75) is 70.4 Å². The summed E-state index contributed by atoms with van der Waals surface area (Å²) in [6.07, 6.45) is 6.78. The predicted molar refractivity (Wildman–Crippen MR) is 75.9 cm³/mol. The molecular formula is C15H28N2O2. The van der Waals surface area contributed by atoms with Gasteiger partial charge in [0, 0.05) is 18.6 Å². The third-order valence-electron chi connectivity index (χ3n) is 4.23. The number of carbonyl (C=O) groups excluding carboxylic acids is 1. The largest absolute Gasteiger partial charge is 0.444 e. The lowest BCUT2D eigenvalue weighted by molar-refractivity contribution is 0.0285. The van der Waals surface area contributed by atoms with Crippen LogP contribution >= 0.6 is 0 Å². The van der Waals surface area contributed by atoms with Crippen LogP contribution in [0.3, 0.4) is 0 Å². The molecule has 2 rings (SSSR count). The van der Waals surface area contributed by atoms with Gasteiger partial charge in [-0.25, -0.2) is 4.79 Å². The summed E-state index contributed by atoms with van der Waals surface area (Å²) < 4.78 is 5.42. The van der Waals surface area contributed by atoms with Crippen LogP contribution in [-0.4, -0.2) is 35.2 Å². The van der Waals surface area contributed by atoms with Crippen molar-refractivity contribution >= 4 is 6.09 Å². The van der Waals surface area contributed by atoms with Crippen LogP contribution in [0.4, 0.5) is 4.79 Å². The number of nitrogens with zero attached hydrogens (tertiary/aromatic N) is 1. The number of ether oxygens (including phenoxy) is 1. The highest BCUT2D eigenvalue weighted by molar-refractivity contribution is 5.68. The van der Waals surface area contributed by atoms with Crippen LogP contribution in [0.5, 0.6) is 0 Å². The summed E-state index contributed by atoms with van der Waals surface area (Å²) >= 11 is 0. The van der Waals surface area contributed by atoms with Gasteiger partial charge >= 0.3 is 6.09 Å². The van der Waals surface area contributed by atoms with Crippen molar-refractivity contribution in [3.05, 3.63) is 0 Å². The van der Waals surface area contributed by atoms with Gasteiger partial charge in [0.15, 0.2) is 0 Å². The second-order valence-corrected chi connectivity index (χ2v) is 7.35. The standard InChI is InChI=1S/C15H28N2O2/c1-14(2,3)19-13(18)17-9-6-12(11-17)10-15(16)7-4-5-8-15/h12H,4-11,16H2,1-3H3. The molecule has 4 heteroatoms. The van der Waals surface area contributed by atoms with Crippen molar-refractivity contribution in [3.63, 3.8) is 0 Å². The van der Waals surface area contributed by atoms with Crippen molar-refractivity contribution < 1.29 is 9.53 Å². The van der Waals surface area contributed by atoms with Crippen LogP contribution < -0.4 is 5.73 Å². The normalized spacial score (nSPS) is 26.7. The molecule has 1 amide bonds. The Hall–Kier alpha value is -0.770. The number of amides is 1. The predicted octanol–water partition coefficient (Wildman–Crippen LogP) is 2.91. The summed E-state index contributed by atoms with van der Waals surface area (Å²) in [5.74, 6) is 0.551. The van der Waals surface area contributed by atoms with Gasteiger partial charge in [-0.05, 0) is 52.4 Å². The summed E-state index contributed by atoms with van der Waals surface area (Å²) in [7, 11) is 0. The fourth-order valence-electron chi connectivity index (χ4n) is 3.35. The maximum Gasteiger partial charge on any atom is 0.410 e. The average Bonchev–Trinajstić information content (AvgIpc) is 2.85. The van der Waals surface area contributed by atoms with E-state index in [9.17, 15) is 4.79 Å². The molecule has 19 heavy (non-hydrogen) atoms. The molecule has 2 aliphatic rings. The highest BCUT2D eigenvalue weighted by atomic mass is 16.6. The summed E-state index contributed by atoms with van der Waals surface area (Å²) in [6, 6.07) is 0. The third-order valence-corrected chi connectivity index (χ3v) is 4.23. The van der Waals surface area contributed by atoms with Crippen molar-refractivity contribution in [1.82, 2.24) is 4.90 Å². The molecule has 2 N–H and O–H groups in total. The SMILES string of the molecule is CC(C)(C)OC(=O)N1CCC(CC2(N)CCCC2)C1. The number of hydrogen-bond donors (Lipinski definition) is 1. The van der Waals surface area contributed by atoms with Crippen molar-refractivity contribution in [3.8, 4) is 0 Å². The number of hydrogen-bond acceptors (Lipinski definition) is 3. The molecule has 1 atom stereocenters. The van der Waals surface area contributed by atoms with E-state index in [0.717, 1.165) is 38.8 Å². The molecule has 0 radical (unpaired) electrons. The summed E-state index contributed by atoms with van der Waals surface area (Å²) in [5.41, 5.74) is 6.06. The molecule has 1 unspecified atom stereocenters. The van der Waals surface area contributed by atoms with Crippen LogP contribution in [0, 0.1) is 5.92 Å². The molecule has 2 fully saturated rings. The van der Waals surface area contributed by atoms with Gasteiger partial charge in [0.1, 0.15) is 5.60 Å². The highest BCUT2D eigenvalue weighted by Crippen LogP contribution is 2.35. The molecule has 0 aromatic carbocycles. The molecule has 4 nitrogen and oxygen atoms in total. The molecule has 0 spiro atoms. The minimum Gasteiger partial charge on any atom is -0.444 e. The zero-order chi connectivity index (χ0) is 14.1. The van der Waals surface area contributed by atoms with E-state index in [-0.39, 0.29) is 11.6 Å². The second-order valence-electron chi connectivity index (χ2n) is 7.35. The maximum absolute atomic E-state index is 12.0. The lowest BCUT2D eigenvalue weighted by atomic mass is 9.86. The van der Waals surface area contributed by atoms with E-state index >= 15 is 0 Å². The van der Waals surface area contributed by atoms with Gasteiger partial charge in [-0.2, -0.15) is 0 Å². The summed E-state index contributed by atoms with van der Waals surface area (Å²) in [4.78, 5) is 13.8. The minimum atomic E-state index is -0.407. The van der Waals surface area contributed by atoms with E-state index < -0.39 is 5.60 Å². The van der Waals surface area contributed by atoms with E-state index in [0.29, 0.717) is 5.92 Å². The van der Waals surface area contributed by atoms with Crippen LogP contribution in [0.15, 0.2) is 0 Å². The first-order valence-electron chi connectivity index (χ1n) is 7.54. The fraction of sp³-hybridized carbons (Fsp3) is 0.933. The van der Waals surface area contributed by atoms with Gasteiger partial charge in [0.05, 0.1) is 0 Å². The first-order valence-corrected chi connectivity index (χ1v) is 7.54. The van der Waals surface area contributed by atoms with Gasteiger partial charge in [0.2, 0.25) is 0 Å². The van der Waals surface area contributed by atoms with Gasteiger partial charge < -0.3 is 15.4 Å². The number of nitrogens with two attached hydrogens (primary N) is 1. The molecule has 1 saturated carbocycles. The van der Waals surface area contributed by atoms with Crippen LogP contribution in [0.2, 0.25) is 0 Å². The molecule has 1 saturated heterocycles. The van der Waals surface area contributed by atoms with Crippen LogP contribution in [0.25, 0.3) is 0 Å². The van der Waals surface area contributed by atoms with Crippen LogP contribution in [-0.2, 0) is 4.74 Å². The minimum absolute atomic E-state index is 0.0363. The Balaban J connectivity index is 1.81. The van der Waals surface area contributed by atoms with E-state index in [4.69, 9.17) is 10.5 Å². The lowest BCUT2D eigenvalue weighted by Crippen LogP contribution is -2.40. The zero-order valence-corrected chi connectivity index (χ0v) is 12.6. The van der Waals surface area contributed by atoms with Gasteiger partial charge in [-0.1, -0.05) is 12.8 Å². The smallest absolute Gasteiger partial charge is 0.410 e. The number of rotatable bonds is 2. The Morgan fingerprint density at radius 1 is 1.37 bits per heavy atom. The fourth-order valence-corrected chi connectivity index (χ4v) is 3.35. The maximum atomic E-state index is 12.0. The number of likely N-dealkylation sites (tertiary alicyclic amines) is 1. The monoisotopic (exact) mass is 268 g/mol. The van der Waals surface area contributed by atoms with E-state index in [1.54, 1.807) is 0 Å². The molecule has 1 heterocycles. The quantitative estimate of drug-likeness (QED) is 0.837. The molecule has 0 bridgehead atoms.